The van der Waals surface area contributed by atoms with E-state index in [-0.39, 0.29) is 0 Å². The van der Waals surface area contributed by atoms with Gasteiger partial charge in [-0.25, -0.2) is 0 Å². The zero-order valence-corrected chi connectivity index (χ0v) is 9.38. The Kier molecular flexibility index (Phi) is 4.66. The van der Waals surface area contributed by atoms with Gasteiger partial charge in [0.2, 0.25) is 0 Å². The SMILES string of the molecule is CCOC(C=C(C)C)=[N+]1CCOCC1. The minimum Gasteiger partial charge on any atom is -0.445 e. The zero-order chi connectivity index (χ0) is 10.4. The quantitative estimate of drug-likeness (QED) is 0.494. The average Bonchev–Trinajstić information content (AvgIpc) is 2.18. The Bertz CT molecular complexity index is 232. The number of ether oxygens (including phenoxy) is 2. The normalized spacial score (nSPS) is 16.4. The van der Waals surface area contributed by atoms with Crippen molar-refractivity contribution in [3.05, 3.63) is 11.6 Å². The highest BCUT2D eigenvalue weighted by Gasteiger charge is 2.17. The molecule has 1 fully saturated rings. The highest BCUT2D eigenvalue weighted by Crippen LogP contribution is 1.97. The lowest BCUT2D eigenvalue weighted by molar-refractivity contribution is -0.556. The lowest BCUT2D eigenvalue weighted by Gasteiger charge is -2.13. The summed E-state index contributed by atoms with van der Waals surface area (Å²) in [4.78, 5) is 0. The molecule has 80 valence electrons. The maximum atomic E-state index is 5.60. The Morgan fingerprint density at radius 2 is 2.00 bits per heavy atom. The van der Waals surface area contributed by atoms with E-state index < -0.39 is 0 Å². The molecule has 1 aliphatic rings. The molecule has 3 heteroatoms. The lowest BCUT2D eigenvalue weighted by atomic mass is 10.3. The van der Waals surface area contributed by atoms with Crippen molar-refractivity contribution in [1.29, 1.82) is 0 Å². The summed E-state index contributed by atoms with van der Waals surface area (Å²) in [6.45, 7) is 10.4. The van der Waals surface area contributed by atoms with Gasteiger partial charge in [-0.1, -0.05) is 5.57 Å². The van der Waals surface area contributed by atoms with Crippen LogP contribution in [-0.2, 0) is 9.47 Å². The summed E-state index contributed by atoms with van der Waals surface area (Å²) in [5.74, 6) is 0.982. The third kappa shape index (κ3) is 3.50. The average molecular weight is 198 g/mol. The number of allylic oxidation sites excluding steroid dienone is 1. The molecule has 0 N–H and O–H groups in total. The summed E-state index contributed by atoms with van der Waals surface area (Å²) in [7, 11) is 0. The van der Waals surface area contributed by atoms with Gasteiger partial charge in [-0.05, 0) is 20.8 Å². The van der Waals surface area contributed by atoms with E-state index in [0.29, 0.717) is 0 Å². The van der Waals surface area contributed by atoms with E-state index in [1.807, 2.05) is 6.92 Å². The fourth-order valence-electron chi connectivity index (χ4n) is 1.40. The van der Waals surface area contributed by atoms with Crippen LogP contribution in [0.4, 0.5) is 0 Å². The van der Waals surface area contributed by atoms with Crippen LogP contribution in [-0.4, -0.2) is 43.4 Å². The summed E-state index contributed by atoms with van der Waals surface area (Å²) < 4.78 is 13.1. The van der Waals surface area contributed by atoms with Gasteiger partial charge in [-0.2, -0.15) is 4.58 Å². The smallest absolute Gasteiger partial charge is 0.362 e. The van der Waals surface area contributed by atoms with Crippen molar-refractivity contribution in [3.8, 4) is 0 Å². The molecule has 0 atom stereocenters. The molecule has 0 aromatic rings. The van der Waals surface area contributed by atoms with Crippen LogP contribution in [0.15, 0.2) is 11.6 Å². The summed E-state index contributed by atoms with van der Waals surface area (Å²) in [5, 5.41) is 0. The van der Waals surface area contributed by atoms with E-state index in [0.717, 1.165) is 38.8 Å². The molecule has 0 saturated carbocycles. The van der Waals surface area contributed by atoms with E-state index in [2.05, 4.69) is 24.5 Å². The molecule has 0 spiro atoms. The maximum Gasteiger partial charge on any atom is 0.362 e. The molecule has 0 aromatic carbocycles. The summed E-state index contributed by atoms with van der Waals surface area (Å²) in [5.41, 5.74) is 1.26. The first-order valence-corrected chi connectivity index (χ1v) is 5.21. The second-order valence-corrected chi connectivity index (χ2v) is 3.59. The van der Waals surface area contributed by atoms with Crippen molar-refractivity contribution in [2.45, 2.75) is 20.8 Å². The topological polar surface area (TPSA) is 21.5 Å². The van der Waals surface area contributed by atoms with Crippen molar-refractivity contribution in [3.63, 3.8) is 0 Å². The van der Waals surface area contributed by atoms with Gasteiger partial charge in [-0.3, -0.25) is 0 Å². The van der Waals surface area contributed by atoms with Gasteiger partial charge in [0, 0.05) is 6.08 Å². The Morgan fingerprint density at radius 3 is 2.50 bits per heavy atom. The van der Waals surface area contributed by atoms with E-state index in [1.165, 1.54) is 5.57 Å². The van der Waals surface area contributed by atoms with Crippen molar-refractivity contribution in [2.75, 3.05) is 32.9 Å². The fourth-order valence-corrected chi connectivity index (χ4v) is 1.40. The number of nitrogens with zero attached hydrogens (tertiary/aromatic N) is 1. The standard InChI is InChI=1S/C11H20NO2/c1-4-14-11(9-10(2)3)12-5-7-13-8-6-12/h9H,4-8H2,1-3H3/q+1. The molecule has 0 aromatic heterocycles. The molecule has 0 bridgehead atoms. The van der Waals surface area contributed by atoms with Crippen molar-refractivity contribution >= 4 is 5.90 Å². The van der Waals surface area contributed by atoms with Crippen LogP contribution in [0.2, 0.25) is 0 Å². The van der Waals surface area contributed by atoms with E-state index in [1.54, 1.807) is 0 Å². The van der Waals surface area contributed by atoms with Gasteiger partial charge in [0.15, 0.2) is 13.1 Å². The monoisotopic (exact) mass is 198 g/mol. The van der Waals surface area contributed by atoms with Gasteiger partial charge in [0.05, 0.1) is 6.61 Å². The summed E-state index contributed by atoms with van der Waals surface area (Å²) in [6.07, 6.45) is 2.09. The molecule has 0 amide bonds. The number of hydrogen-bond acceptors (Lipinski definition) is 2. The molecule has 1 aliphatic heterocycles. The molecule has 1 rings (SSSR count). The Balaban J connectivity index is 2.76. The predicted molar refractivity (Wildman–Crippen MR) is 56.9 cm³/mol. The van der Waals surface area contributed by atoms with Gasteiger partial charge in [-0.15, -0.1) is 0 Å². The zero-order valence-electron chi connectivity index (χ0n) is 9.38. The van der Waals surface area contributed by atoms with Crippen LogP contribution in [0.5, 0.6) is 0 Å². The molecule has 1 heterocycles. The van der Waals surface area contributed by atoms with Crippen molar-refractivity contribution < 1.29 is 14.0 Å². The minimum atomic E-state index is 0.719. The largest absolute Gasteiger partial charge is 0.445 e. The van der Waals surface area contributed by atoms with Gasteiger partial charge in [0.1, 0.15) is 13.2 Å². The maximum absolute atomic E-state index is 5.60. The second-order valence-electron chi connectivity index (χ2n) is 3.59. The Hall–Kier alpha value is -0.830. The van der Waals surface area contributed by atoms with E-state index in [4.69, 9.17) is 9.47 Å². The van der Waals surface area contributed by atoms with Crippen LogP contribution in [0.1, 0.15) is 20.8 Å². The van der Waals surface area contributed by atoms with Gasteiger partial charge >= 0.3 is 5.90 Å². The molecule has 0 aliphatic carbocycles. The molecule has 14 heavy (non-hydrogen) atoms. The Morgan fingerprint density at radius 1 is 1.36 bits per heavy atom. The van der Waals surface area contributed by atoms with Gasteiger partial charge < -0.3 is 9.47 Å². The molecular weight excluding hydrogens is 178 g/mol. The summed E-state index contributed by atoms with van der Waals surface area (Å²) in [6, 6.07) is 0. The summed E-state index contributed by atoms with van der Waals surface area (Å²) >= 11 is 0. The minimum absolute atomic E-state index is 0.719. The highest BCUT2D eigenvalue weighted by atomic mass is 16.5. The van der Waals surface area contributed by atoms with Crippen molar-refractivity contribution in [1.82, 2.24) is 0 Å². The highest BCUT2D eigenvalue weighted by molar-refractivity contribution is 5.83. The third-order valence-electron chi connectivity index (χ3n) is 2.03. The van der Waals surface area contributed by atoms with Crippen molar-refractivity contribution in [2.24, 2.45) is 0 Å². The number of hydrogen-bond donors (Lipinski definition) is 0. The van der Waals surface area contributed by atoms with E-state index in [9.17, 15) is 0 Å². The second kappa shape index (κ2) is 5.81. The molecule has 3 nitrogen and oxygen atoms in total. The first-order valence-electron chi connectivity index (χ1n) is 5.21. The van der Waals surface area contributed by atoms with Gasteiger partial charge in [0.25, 0.3) is 0 Å². The molecule has 1 saturated heterocycles. The molecule has 0 unspecified atom stereocenters. The third-order valence-corrected chi connectivity index (χ3v) is 2.03. The molecule has 0 radical (unpaired) electrons. The first kappa shape index (κ1) is 11.2. The first-order chi connectivity index (χ1) is 6.74. The predicted octanol–water partition coefficient (Wildman–Crippen LogP) is 1.43. The molecular formula is C11H20NO2+. The number of rotatable bonds is 2. The van der Waals surface area contributed by atoms with E-state index >= 15 is 0 Å². The van der Waals surface area contributed by atoms with Crippen LogP contribution in [0.25, 0.3) is 0 Å². The van der Waals surface area contributed by atoms with Crippen LogP contribution in [0, 0.1) is 0 Å². The lowest BCUT2D eigenvalue weighted by Crippen LogP contribution is -2.33. The van der Waals surface area contributed by atoms with Crippen LogP contribution in [0.3, 0.4) is 0 Å². The number of morpholine rings is 1. The Labute approximate surface area is 86.0 Å². The van der Waals surface area contributed by atoms with Crippen LogP contribution < -0.4 is 0 Å². The fraction of sp³-hybridized carbons (Fsp3) is 0.727. The van der Waals surface area contributed by atoms with Crippen LogP contribution >= 0.6 is 0 Å².